The topological polar surface area (TPSA) is 12.0 Å². The largest absolute Gasteiger partial charge is 0.360 e. The van der Waals surface area contributed by atoms with Crippen molar-refractivity contribution in [3.63, 3.8) is 0 Å². The molecule has 0 saturated heterocycles. The highest BCUT2D eigenvalue weighted by Crippen LogP contribution is 2.22. The van der Waals surface area contributed by atoms with Gasteiger partial charge in [0.25, 0.3) is 0 Å². The first-order chi connectivity index (χ1) is 6.88. The predicted octanol–water partition coefficient (Wildman–Crippen LogP) is 3.42. The lowest BCUT2D eigenvalue weighted by molar-refractivity contribution is 1.22. The molecule has 0 spiro atoms. The summed E-state index contributed by atoms with van der Waals surface area (Å²) in [5, 5.41) is 3.24. The van der Waals surface area contributed by atoms with E-state index in [4.69, 9.17) is 0 Å². The van der Waals surface area contributed by atoms with Gasteiger partial charge in [-0.15, -0.1) is 0 Å². The monoisotopic (exact) mass is 247 g/mol. The number of allylic oxidation sites excluding steroid dienone is 4. The Morgan fingerprint density at radius 3 is 2.57 bits per heavy atom. The highest BCUT2D eigenvalue weighted by Gasteiger charge is 2.03. The van der Waals surface area contributed by atoms with Crippen molar-refractivity contribution in [3.05, 3.63) is 64.8 Å². The van der Waals surface area contributed by atoms with Crippen molar-refractivity contribution < 1.29 is 0 Å². The van der Waals surface area contributed by atoms with Crippen LogP contribution in [0.2, 0.25) is 0 Å². The van der Waals surface area contributed by atoms with Gasteiger partial charge in [0, 0.05) is 10.7 Å². The van der Waals surface area contributed by atoms with Crippen molar-refractivity contribution in [2.75, 3.05) is 0 Å². The molecule has 0 aromatic heterocycles. The average molecular weight is 248 g/mol. The molecule has 1 heterocycles. The molecule has 0 saturated carbocycles. The summed E-state index contributed by atoms with van der Waals surface area (Å²) in [6, 6.07) is 10.2. The van der Waals surface area contributed by atoms with E-state index >= 15 is 0 Å². The summed E-state index contributed by atoms with van der Waals surface area (Å²) in [6.45, 7) is 0. The highest BCUT2D eigenvalue weighted by atomic mass is 79.9. The van der Waals surface area contributed by atoms with E-state index in [-0.39, 0.29) is 0 Å². The molecule has 1 aromatic carbocycles. The minimum atomic E-state index is 1.06. The number of hydrogen-bond acceptors (Lipinski definition) is 1. The average Bonchev–Trinajstić information content (AvgIpc) is 2.44. The summed E-state index contributed by atoms with van der Waals surface area (Å²) in [4.78, 5) is 0. The summed E-state index contributed by atoms with van der Waals surface area (Å²) in [5.41, 5.74) is 2.27. The van der Waals surface area contributed by atoms with E-state index in [0.717, 1.165) is 10.2 Å². The molecule has 0 radical (unpaired) electrons. The minimum absolute atomic E-state index is 1.06. The third-order valence-electron chi connectivity index (χ3n) is 1.98. The summed E-state index contributed by atoms with van der Waals surface area (Å²) in [7, 11) is 0. The second kappa shape index (κ2) is 4.29. The van der Waals surface area contributed by atoms with Crippen molar-refractivity contribution >= 4 is 21.6 Å². The molecule has 14 heavy (non-hydrogen) atoms. The molecule has 1 nitrogen and oxygen atoms in total. The Hall–Kier alpha value is -1.28. The van der Waals surface area contributed by atoms with Gasteiger partial charge in [-0.25, -0.2) is 0 Å². The van der Waals surface area contributed by atoms with Crippen LogP contribution < -0.4 is 5.32 Å². The Morgan fingerprint density at radius 1 is 1.00 bits per heavy atom. The van der Waals surface area contributed by atoms with Crippen LogP contribution in [0, 0.1) is 0 Å². The first-order valence-corrected chi connectivity index (χ1v) is 5.22. The van der Waals surface area contributed by atoms with Gasteiger partial charge in [-0.2, -0.15) is 0 Å². The van der Waals surface area contributed by atoms with Crippen LogP contribution in [0.1, 0.15) is 5.56 Å². The van der Waals surface area contributed by atoms with Crippen LogP contribution >= 0.6 is 15.9 Å². The van der Waals surface area contributed by atoms with E-state index in [1.165, 1.54) is 5.56 Å². The second-order valence-electron chi connectivity index (χ2n) is 2.95. The Labute approximate surface area is 92.0 Å². The van der Waals surface area contributed by atoms with Gasteiger partial charge in [-0.3, -0.25) is 0 Å². The van der Waals surface area contributed by atoms with E-state index < -0.39 is 0 Å². The van der Waals surface area contributed by atoms with E-state index in [1.807, 2.05) is 42.6 Å². The first kappa shape index (κ1) is 9.28. The lowest BCUT2D eigenvalue weighted by Crippen LogP contribution is -2.03. The maximum absolute atomic E-state index is 3.53. The number of nitrogens with one attached hydrogen (secondary N) is 1. The van der Waals surface area contributed by atoms with Crippen molar-refractivity contribution in [1.82, 2.24) is 5.32 Å². The lowest BCUT2D eigenvalue weighted by Gasteiger charge is -2.07. The quantitative estimate of drug-likeness (QED) is 0.802. The van der Waals surface area contributed by atoms with E-state index in [9.17, 15) is 0 Å². The molecule has 0 fully saturated rings. The molecule has 1 aromatic rings. The van der Waals surface area contributed by atoms with Crippen LogP contribution in [0.4, 0.5) is 0 Å². The number of halogens is 1. The van der Waals surface area contributed by atoms with E-state index in [1.54, 1.807) is 0 Å². The van der Waals surface area contributed by atoms with Gasteiger partial charge in [-0.1, -0.05) is 36.4 Å². The molecule has 0 bridgehead atoms. The van der Waals surface area contributed by atoms with Gasteiger partial charge in [-0.05, 0) is 33.6 Å². The SMILES string of the molecule is BrC1=C(c2ccccc2)NC=CC=C1. The zero-order valence-corrected chi connectivity index (χ0v) is 9.16. The summed E-state index contributed by atoms with van der Waals surface area (Å²) in [6.07, 6.45) is 7.91. The minimum Gasteiger partial charge on any atom is -0.360 e. The van der Waals surface area contributed by atoms with Crippen LogP contribution in [-0.4, -0.2) is 0 Å². The zero-order valence-electron chi connectivity index (χ0n) is 7.57. The van der Waals surface area contributed by atoms with E-state index in [0.29, 0.717) is 0 Å². The molecule has 1 N–H and O–H groups in total. The van der Waals surface area contributed by atoms with Crippen molar-refractivity contribution in [2.45, 2.75) is 0 Å². The van der Waals surface area contributed by atoms with Gasteiger partial charge >= 0.3 is 0 Å². The van der Waals surface area contributed by atoms with E-state index in [2.05, 4.69) is 33.4 Å². The highest BCUT2D eigenvalue weighted by molar-refractivity contribution is 9.12. The molecule has 2 rings (SSSR count). The van der Waals surface area contributed by atoms with Gasteiger partial charge in [0.15, 0.2) is 0 Å². The van der Waals surface area contributed by atoms with Crippen LogP contribution in [0.25, 0.3) is 5.70 Å². The molecule has 1 aliphatic heterocycles. The summed E-state index contributed by atoms with van der Waals surface area (Å²) >= 11 is 3.53. The fraction of sp³-hybridized carbons (Fsp3) is 0. The molecular formula is C12H10BrN. The first-order valence-electron chi connectivity index (χ1n) is 4.43. The Kier molecular flexibility index (Phi) is 2.84. The predicted molar refractivity (Wildman–Crippen MR) is 63.7 cm³/mol. The molecule has 2 heteroatoms. The molecule has 1 aliphatic rings. The van der Waals surface area contributed by atoms with Crippen LogP contribution in [0.15, 0.2) is 59.2 Å². The van der Waals surface area contributed by atoms with Crippen molar-refractivity contribution in [2.24, 2.45) is 0 Å². The molecule has 0 atom stereocenters. The Balaban J connectivity index is 2.43. The molecule has 0 amide bonds. The maximum Gasteiger partial charge on any atom is 0.0597 e. The standard InChI is InChI=1S/C12H10BrN/c13-11-8-4-5-9-14-12(11)10-6-2-1-3-7-10/h1-9,14H. The molecule has 70 valence electrons. The van der Waals surface area contributed by atoms with Gasteiger partial charge in [0.1, 0.15) is 0 Å². The third kappa shape index (κ3) is 1.96. The maximum atomic E-state index is 3.53. The van der Waals surface area contributed by atoms with Crippen LogP contribution in [-0.2, 0) is 0 Å². The zero-order chi connectivity index (χ0) is 9.80. The van der Waals surface area contributed by atoms with Crippen LogP contribution in [0.5, 0.6) is 0 Å². The molecular weight excluding hydrogens is 238 g/mol. The third-order valence-corrected chi connectivity index (χ3v) is 2.64. The van der Waals surface area contributed by atoms with Gasteiger partial charge in [0.05, 0.1) is 5.70 Å². The molecule has 0 aliphatic carbocycles. The smallest absolute Gasteiger partial charge is 0.0597 e. The number of rotatable bonds is 1. The second-order valence-corrected chi connectivity index (χ2v) is 3.81. The van der Waals surface area contributed by atoms with Gasteiger partial charge in [0.2, 0.25) is 0 Å². The lowest BCUT2D eigenvalue weighted by atomic mass is 10.1. The Bertz CT molecular complexity index is 402. The number of benzene rings is 1. The number of hydrogen-bond donors (Lipinski definition) is 1. The Morgan fingerprint density at radius 2 is 1.79 bits per heavy atom. The fourth-order valence-corrected chi connectivity index (χ4v) is 1.80. The fourth-order valence-electron chi connectivity index (χ4n) is 1.31. The van der Waals surface area contributed by atoms with Gasteiger partial charge < -0.3 is 5.32 Å². The molecule has 0 unspecified atom stereocenters. The van der Waals surface area contributed by atoms with Crippen molar-refractivity contribution in [1.29, 1.82) is 0 Å². The summed E-state index contributed by atoms with van der Waals surface area (Å²) < 4.78 is 1.06. The normalized spacial score (nSPS) is 15.2. The van der Waals surface area contributed by atoms with Crippen molar-refractivity contribution in [3.8, 4) is 0 Å². The van der Waals surface area contributed by atoms with Crippen LogP contribution in [0.3, 0.4) is 0 Å². The summed E-state index contributed by atoms with van der Waals surface area (Å²) in [5.74, 6) is 0.